The second kappa shape index (κ2) is 7.57. The molecule has 1 aromatic heterocycles. The first kappa shape index (κ1) is 16.0. The lowest BCUT2D eigenvalue weighted by Gasteiger charge is -2.11. The lowest BCUT2D eigenvalue weighted by Crippen LogP contribution is -2.15. The van der Waals surface area contributed by atoms with E-state index in [0.717, 1.165) is 34.1 Å². The molecule has 0 aliphatic rings. The molecule has 0 aliphatic carbocycles. The van der Waals surface area contributed by atoms with Gasteiger partial charge in [-0.3, -0.25) is 0 Å². The van der Waals surface area contributed by atoms with E-state index in [9.17, 15) is 4.39 Å². The van der Waals surface area contributed by atoms with Gasteiger partial charge in [-0.25, -0.2) is 9.37 Å². The van der Waals surface area contributed by atoms with E-state index in [1.807, 2.05) is 32.0 Å². The Kier molecular flexibility index (Phi) is 5.76. The monoisotopic (exact) mass is 304 g/mol. The molecule has 0 saturated heterocycles. The lowest BCUT2D eigenvalue weighted by atomic mass is 10.2. The average Bonchev–Trinajstić information content (AvgIpc) is 2.41. The van der Waals surface area contributed by atoms with Crippen LogP contribution < -0.4 is 5.32 Å². The number of nitrogens with one attached hydrogen (secondary N) is 1. The SMILES string of the molecule is CCCNCc1c(F)cccc1Sc1cc(C)cc(C)n1. The molecule has 2 rings (SSSR count). The number of aromatic nitrogens is 1. The van der Waals surface area contributed by atoms with Crippen LogP contribution in [0.2, 0.25) is 0 Å². The second-order valence-corrected chi connectivity index (χ2v) is 6.18. The molecule has 1 heterocycles. The molecule has 0 aliphatic heterocycles. The van der Waals surface area contributed by atoms with Crippen molar-refractivity contribution < 1.29 is 4.39 Å². The highest BCUT2D eigenvalue weighted by molar-refractivity contribution is 7.99. The Balaban J connectivity index is 2.24. The van der Waals surface area contributed by atoms with Crippen molar-refractivity contribution in [3.05, 3.63) is 53.0 Å². The van der Waals surface area contributed by atoms with Crippen LogP contribution in [0.25, 0.3) is 0 Å². The van der Waals surface area contributed by atoms with Crippen molar-refractivity contribution in [1.82, 2.24) is 10.3 Å². The molecule has 0 amide bonds. The van der Waals surface area contributed by atoms with E-state index in [2.05, 4.69) is 17.2 Å². The predicted octanol–water partition coefficient (Wildman–Crippen LogP) is 4.49. The molecule has 0 fully saturated rings. The summed E-state index contributed by atoms with van der Waals surface area (Å²) in [6.45, 7) is 7.57. The molecule has 0 radical (unpaired) electrons. The van der Waals surface area contributed by atoms with Crippen LogP contribution in [0.4, 0.5) is 4.39 Å². The topological polar surface area (TPSA) is 24.9 Å². The summed E-state index contributed by atoms with van der Waals surface area (Å²) < 4.78 is 14.1. The van der Waals surface area contributed by atoms with Crippen molar-refractivity contribution in [3.63, 3.8) is 0 Å². The van der Waals surface area contributed by atoms with Gasteiger partial charge in [0.1, 0.15) is 10.8 Å². The molecular formula is C17H21FN2S. The van der Waals surface area contributed by atoms with Crippen LogP contribution in [0.15, 0.2) is 40.3 Å². The molecule has 0 spiro atoms. The number of halogens is 1. The van der Waals surface area contributed by atoms with Gasteiger partial charge in [0.25, 0.3) is 0 Å². The second-order valence-electron chi connectivity index (χ2n) is 5.12. The standard InChI is InChI=1S/C17H21FN2S/c1-4-8-19-11-14-15(18)6-5-7-16(14)21-17-10-12(2)9-13(3)20-17/h5-7,9-10,19H,4,8,11H2,1-3H3. The minimum Gasteiger partial charge on any atom is -0.313 e. The minimum atomic E-state index is -0.159. The quantitative estimate of drug-likeness (QED) is 0.796. The first-order valence-electron chi connectivity index (χ1n) is 7.21. The Labute approximate surface area is 130 Å². The van der Waals surface area contributed by atoms with Gasteiger partial charge in [-0.2, -0.15) is 0 Å². The zero-order valence-electron chi connectivity index (χ0n) is 12.7. The lowest BCUT2D eigenvalue weighted by molar-refractivity contribution is 0.578. The molecular weight excluding hydrogens is 283 g/mol. The number of rotatable bonds is 6. The van der Waals surface area contributed by atoms with Crippen LogP contribution in [0.3, 0.4) is 0 Å². The van der Waals surface area contributed by atoms with E-state index in [1.54, 1.807) is 6.07 Å². The Morgan fingerprint density at radius 2 is 2.05 bits per heavy atom. The fraction of sp³-hybridized carbons (Fsp3) is 0.353. The third kappa shape index (κ3) is 4.55. The summed E-state index contributed by atoms with van der Waals surface area (Å²) in [6.07, 6.45) is 1.04. The normalized spacial score (nSPS) is 10.9. The number of hydrogen-bond acceptors (Lipinski definition) is 3. The predicted molar refractivity (Wildman–Crippen MR) is 86.2 cm³/mol. The maximum Gasteiger partial charge on any atom is 0.128 e. The molecule has 0 unspecified atom stereocenters. The number of hydrogen-bond donors (Lipinski definition) is 1. The van der Waals surface area contributed by atoms with Gasteiger partial charge < -0.3 is 5.32 Å². The molecule has 1 aromatic carbocycles. The fourth-order valence-corrected chi connectivity index (χ4v) is 3.26. The molecule has 1 N–H and O–H groups in total. The molecule has 4 heteroatoms. The maximum atomic E-state index is 14.1. The van der Waals surface area contributed by atoms with Crippen molar-refractivity contribution in [2.75, 3.05) is 6.54 Å². The van der Waals surface area contributed by atoms with Gasteiger partial charge in [0.15, 0.2) is 0 Å². The molecule has 21 heavy (non-hydrogen) atoms. The largest absolute Gasteiger partial charge is 0.313 e. The van der Waals surface area contributed by atoms with Crippen molar-refractivity contribution in [2.45, 2.75) is 43.7 Å². The summed E-state index contributed by atoms with van der Waals surface area (Å²) in [7, 11) is 0. The van der Waals surface area contributed by atoms with Crippen LogP contribution in [-0.2, 0) is 6.54 Å². The summed E-state index contributed by atoms with van der Waals surface area (Å²) in [5.74, 6) is -0.159. The van der Waals surface area contributed by atoms with Gasteiger partial charge >= 0.3 is 0 Å². The molecule has 0 bridgehead atoms. The summed E-state index contributed by atoms with van der Waals surface area (Å²) in [5, 5.41) is 4.18. The Bertz CT molecular complexity index is 593. The van der Waals surface area contributed by atoms with Crippen molar-refractivity contribution >= 4 is 11.8 Å². The smallest absolute Gasteiger partial charge is 0.128 e. The highest BCUT2D eigenvalue weighted by atomic mass is 32.2. The van der Waals surface area contributed by atoms with E-state index in [0.29, 0.717) is 6.54 Å². The summed E-state index contributed by atoms with van der Waals surface area (Å²) in [5.41, 5.74) is 2.88. The third-order valence-electron chi connectivity index (χ3n) is 3.09. The first-order valence-corrected chi connectivity index (χ1v) is 8.03. The van der Waals surface area contributed by atoms with E-state index in [-0.39, 0.29) is 5.82 Å². The van der Waals surface area contributed by atoms with Gasteiger partial charge in [0.05, 0.1) is 0 Å². The van der Waals surface area contributed by atoms with Crippen molar-refractivity contribution in [3.8, 4) is 0 Å². The van der Waals surface area contributed by atoms with Gasteiger partial charge in [0.2, 0.25) is 0 Å². The average molecular weight is 304 g/mol. The van der Waals surface area contributed by atoms with Gasteiger partial charge in [0, 0.05) is 22.7 Å². The molecule has 0 atom stereocenters. The molecule has 0 saturated carbocycles. The van der Waals surface area contributed by atoms with Crippen LogP contribution in [0.5, 0.6) is 0 Å². The number of benzene rings is 1. The Morgan fingerprint density at radius 3 is 2.76 bits per heavy atom. The maximum absolute atomic E-state index is 14.1. The zero-order valence-corrected chi connectivity index (χ0v) is 13.6. The third-order valence-corrected chi connectivity index (χ3v) is 4.11. The van der Waals surface area contributed by atoms with Crippen LogP contribution in [0.1, 0.15) is 30.2 Å². The van der Waals surface area contributed by atoms with Crippen molar-refractivity contribution in [2.24, 2.45) is 0 Å². The van der Waals surface area contributed by atoms with Crippen LogP contribution >= 0.6 is 11.8 Å². The number of nitrogens with zero attached hydrogens (tertiary/aromatic N) is 1. The van der Waals surface area contributed by atoms with E-state index in [1.165, 1.54) is 23.4 Å². The van der Waals surface area contributed by atoms with Gasteiger partial charge in [-0.1, -0.05) is 24.8 Å². The highest BCUT2D eigenvalue weighted by Gasteiger charge is 2.10. The Hall–Kier alpha value is -1.39. The summed E-state index contributed by atoms with van der Waals surface area (Å²) >= 11 is 1.52. The highest BCUT2D eigenvalue weighted by Crippen LogP contribution is 2.31. The van der Waals surface area contributed by atoms with E-state index in [4.69, 9.17) is 0 Å². The fourth-order valence-electron chi connectivity index (χ4n) is 2.17. The van der Waals surface area contributed by atoms with Crippen LogP contribution in [0, 0.1) is 19.7 Å². The molecule has 2 aromatic rings. The minimum absolute atomic E-state index is 0.159. The number of aryl methyl sites for hydroxylation is 2. The summed E-state index contributed by atoms with van der Waals surface area (Å²) in [6, 6.07) is 9.30. The van der Waals surface area contributed by atoms with Gasteiger partial charge in [-0.05, 0) is 56.6 Å². The van der Waals surface area contributed by atoms with Gasteiger partial charge in [-0.15, -0.1) is 0 Å². The summed E-state index contributed by atoms with van der Waals surface area (Å²) in [4.78, 5) is 5.44. The van der Waals surface area contributed by atoms with E-state index >= 15 is 0 Å². The zero-order chi connectivity index (χ0) is 15.2. The van der Waals surface area contributed by atoms with Crippen LogP contribution in [-0.4, -0.2) is 11.5 Å². The number of pyridine rings is 1. The molecule has 112 valence electrons. The Morgan fingerprint density at radius 1 is 1.24 bits per heavy atom. The van der Waals surface area contributed by atoms with Crippen molar-refractivity contribution in [1.29, 1.82) is 0 Å². The van der Waals surface area contributed by atoms with E-state index < -0.39 is 0 Å². The molecule has 2 nitrogen and oxygen atoms in total. The first-order chi connectivity index (χ1) is 10.1.